The van der Waals surface area contributed by atoms with Crippen LogP contribution >= 0.6 is 0 Å². The first-order valence-electron chi connectivity index (χ1n) is 9.25. The SMILES string of the molecule is COC(=O)c1cccc(NC(=O)CN2CCN(c3ccc(C(F)(F)F)cn3)CC2)c1. The number of carbonyl (C=O) groups is 2. The number of esters is 1. The van der Waals surface area contributed by atoms with Crippen LogP contribution in [0.2, 0.25) is 0 Å². The normalized spacial score (nSPS) is 15.0. The molecule has 1 fully saturated rings. The number of methoxy groups -OCH3 is 1. The van der Waals surface area contributed by atoms with Crippen LogP contribution in [-0.4, -0.2) is 61.6 Å². The van der Waals surface area contributed by atoms with Crippen LogP contribution in [0.15, 0.2) is 42.6 Å². The Bertz CT molecular complexity index is 895. The van der Waals surface area contributed by atoms with Gasteiger partial charge in [-0.25, -0.2) is 9.78 Å². The minimum Gasteiger partial charge on any atom is -0.465 e. The van der Waals surface area contributed by atoms with Crippen molar-refractivity contribution >= 4 is 23.4 Å². The molecule has 2 aromatic rings. The van der Waals surface area contributed by atoms with Gasteiger partial charge in [0.15, 0.2) is 0 Å². The second kappa shape index (κ2) is 9.12. The van der Waals surface area contributed by atoms with Crippen molar-refractivity contribution in [1.82, 2.24) is 9.88 Å². The van der Waals surface area contributed by atoms with Gasteiger partial charge in [-0.15, -0.1) is 0 Å². The molecule has 3 rings (SSSR count). The fraction of sp³-hybridized carbons (Fsp3) is 0.350. The molecule has 10 heteroatoms. The van der Waals surface area contributed by atoms with Gasteiger partial charge in [0.2, 0.25) is 5.91 Å². The minimum absolute atomic E-state index is 0.163. The average Bonchev–Trinajstić information content (AvgIpc) is 2.73. The molecule has 1 amide bonds. The number of hydrogen-bond acceptors (Lipinski definition) is 6. The standard InChI is InChI=1S/C20H21F3N4O3/c1-30-19(29)14-3-2-4-16(11-14)25-18(28)13-26-7-9-27(10-8-26)17-6-5-15(12-24-17)20(21,22)23/h2-6,11-12H,7-10,13H2,1H3,(H,25,28). The van der Waals surface area contributed by atoms with Crippen LogP contribution in [0.3, 0.4) is 0 Å². The van der Waals surface area contributed by atoms with Crippen LogP contribution in [0.25, 0.3) is 0 Å². The lowest BCUT2D eigenvalue weighted by atomic mass is 10.2. The maximum atomic E-state index is 12.6. The third-order valence-corrected chi connectivity index (χ3v) is 4.71. The number of hydrogen-bond donors (Lipinski definition) is 1. The summed E-state index contributed by atoms with van der Waals surface area (Å²) in [5, 5.41) is 2.75. The van der Waals surface area contributed by atoms with Crippen molar-refractivity contribution in [2.75, 3.05) is 50.1 Å². The Morgan fingerprint density at radius 1 is 1.13 bits per heavy atom. The van der Waals surface area contributed by atoms with Gasteiger partial charge in [0, 0.05) is 38.1 Å². The van der Waals surface area contributed by atoms with E-state index in [1.54, 1.807) is 18.2 Å². The molecule has 0 atom stereocenters. The van der Waals surface area contributed by atoms with Crippen molar-refractivity contribution in [3.63, 3.8) is 0 Å². The van der Waals surface area contributed by atoms with E-state index in [1.807, 2.05) is 9.80 Å². The first-order valence-corrected chi connectivity index (χ1v) is 9.25. The average molecular weight is 422 g/mol. The molecule has 1 aliphatic rings. The molecule has 1 saturated heterocycles. The molecule has 1 N–H and O–H groups in total. The zero-order valence-electron chi connectivity index (χ0n) is 16.3. The highest BCUT2D eigenvalue weighted by molar-refractivity contribution is 5.95. The quantitative estimate of drug-likeness (QED) is 0.747. The minimum atomic E-state index is -4.41. The van der Waals surface area contributed by atoms with E-state index in [4.69, 9.17) is 0 Å². The summed E-state index contributed by atoms with van der Waals surface area (Å²) in [6.07, 6.45) is -3.58. The summed E-state index contributed by atoms with van der Waals surface area (Å²) < 4.78 is 42.6. The fourth-order valence-electron chi connectivity index (χ4n) is 3.12. The second-order valence-corrected chi connectivity index (χ2v) is 6.79. The highest BCUT2D eigenvalue weighted by Crippen LogP contribution is 2.29. The number of amides is 1. The first kappa shape index (κ1) is 21.6. The fourth-order valence-corrected chi connectivity index (χ4v) is 3.12. The highest BCUT2D eigenvalue weighted by atomic mass is 19.4. The summed E-state index contributed by atoms with van der Waals surface area (Å²) in [5.74, 6) is -0.232. The van der Waals surface area contributed by atoms with Gasteiger partial charge in [0.25, 0.3) is 0 Å². The Balaban J connectivity index is 1.50. The summed E-state index contributed by atoms with van der Waals surface area (Å²) in [5.41, 5.74) is 0.0567. The van der Waals surface area contributed by atoms with Gasteiger partial charge in [-0.2, -0.15) is 13.2 Å². The molecular formula is C20H21F3N4O3. The number of carbonyl (C=O) groups excluding carboxylic acids is 2. The maximum absolute atomic E-state index is 12.6. The summed E-state index contributed by atoms with van der Waals surface area (Å²) in [6, 6.07) is 8.84. The number of halogens is 3. The van der Waals surface area contributed by atoms with Crippen molar-refractivity contribution in [2.45, 2.75) is 6.18 Å². The van der Waals surface area contributed by atoms with Crippen LogP contribution in [0.5, 0.6) is 0 Å². The van der Waals surface area contributed by atoms with Gasteiger partial charge in [-0.3, -0.25) is 9.69 Å². The predicted molar refractivity (Wildman–Crippen MR) is 104 cm³/mol. The van der Waals surface area contributed by atoms with Crippen molar-refractivity contribution < 1.29 is 27.5 Å². The van der Waals surface area contributed by atoms with Crippen molar-refractivity contribution in [1.29, 1.82) is 0 Å². The van der Waals surface area contributed by atoms with Gasteiger partial charge in [0.1, 0.15) is 5.82 Å². The number of nitrogens with zero attached hydrogens (tertiary/aromatic N) is 3. The van der Waals surface area contributed by atoms with Crippen LogP contribution in [0.4, 0.5) is 24.7 Å². The molecule has 0 radical (unpaired) electrons. The van der Waals surface area contributed by atoms with E-state index in [0.717, 1.165) is 12.3 Å². The van der Waals surface area contributed by atoms with E-state index >= 15 is 0 Å². The smallest absolute Gasteiger partial charge is 0.417 e. The van der Waals surface area contributed by atoms with E-state index in [1.165, 1.54) is 19.2 Å². The molecule has 1 aliphatic heterocycles. The van der Waals surface area contributed by atoms with E-state index in [-0.39, 0.29) is 12.5 Å². The van der Waals surface area contributed by atoms with Gasteiger partial charge < -0.3 is 15.0 Å². The molecule has 0 aliphatic carbocycles. The lowest BCUT2D eigenvalue weighted by Crippen LogP contribution is -2.48. The molecule has 30 heavy (non-hydrogen) atoms. The number of benzene rings is 1. The summed E-state index contributed by atoms with van der Waals surface area (Å²) in [6.45, 7) is 2.39. The van der Waals surface area contributed by atoms with Crippen LogP contribution in [0.1, 0.15) is 15.9 Å². The van der Waals surface area contributed by atoms with E-state index < -0.39 is 17.7 Å². The van der Waals surface area contributed by atoms with E-state index in [9.17, 15) is 22.8 Å². The Kier molecular flexibility index (Phi) is 6.56. The monoisotopic (exact) mass is 422 g/mol. The molecule has 1 aromatic carbocycles. The number of rotatable bonds is 5. The van der Waals surface area contributed by atoms with Crippen LogP contribution in [-0.2, 0) is 15.7 Å². The molecule has 0 bridgehead atoms. The lowest BCUT2D eigenvalue weighted by molar-refractivity contribution is -0.137. The second-order valence-electron chi connectivity index (χ2n) is 6.79. The molecule has 1 aromatic heterocycles. The molecular weight excluding hydrogens is 401 g/mol. The van der Waals surface area contributed by atoms with Gasteiger partial charge in [-0.05, 0) is 30.3 Å². The molecule has 0 unspecified atom stereocenters. The number of aromatic nitrogens is 1. The van der Waals surface area contributed by atoms with E-state index in [2.05, 4.69) is 15.0 Å². The van der Waals surface area contributed by atoms with Crippen LogP contribution < -0.4 is 10.2 Å². The Morgan fingerprint density at radius 3 is 2.47 bits per heavy atom. The Hall–Kier alpha value is -3.14. The van der Waals surface area contributed by atoms with Crippen molar-refractivity contribution in [3.8, 4) is 0 Å². The summed E-state index contributed by atoms with van der Waals surface area (Å²) >= 11 is 0. The maximum Gasteiger partial charge on any atom is 0.417 e. The Morgan fingerprint density at radius 2 is 1.87 bits per heavy atom. The molecule has 0 saturated carbocycles. The molecule has 160 valence electrons. The predicted octanol–water partition coefficient (Wildman–Crippen LogP) is 2.65. The zero-order chi connectivity index (χ0) is 21.7. The first-order chi connectivity index (χ1) is 14.3. The number of nitrogens with one attached hydrogen (secondary N) is 1. The number of pyridine rings is 1. The summed E-state index contributed by atoms with van der Waals surface area (Å²) in [4.78, 5) is 31.6. The largest absolute Gasteiger partial charge is 0.465 e. The highest BCUT2D eigenvalue weighted by Gasteiger charge is 2.31. The zero-order valence-corrected chi connectivity index (χ0v) is 16.3. The lowest BCUT2D eigenvalue weighted by Gasteiger charge is -2.35. The third-order valence-electron chi connectivity index (χ3n) is 4.71. The number of alkyl halides is 3. The number of ether oxygens (including phenoxy) is 1. The van der Waals surface area contributed by atoms with Gasteiger partial charge in [-0.1, -0.05) is 6.07 Å². The molecule has 0 spiro atoms. The number of piperazine rings is 1. The molecule has 2 heterocycles. The third kappa shape index (κ3) is 5.47. The number of anilines is 2. The summed E-state index contributed by atoms with van der Waals surface area (Å²) in [7, 11) is 1.29. The van der Waals surface area contributed by atoms with Crippen LogP contribution in [0, 0.1) is 0 Å². The Labute approximate surface area is 171 Å². The van der Waals surface area contributed by atoms with Gasteiger partial charge in [0.05, 0.1) is 24.8 Å². The topological polar surface area (TPSA) is 74.8 Å². The molecule has 7 nitrogen and oxygen atoms in total. The van der Waals surface area contributed by atoms with Crippen molar-refractivity contribution in [3.05, 3.63) is 53.7 Å². The van der Waals surface area contributed by atoms with E-state index in [0.29, 0.717) is 43.2 Å². The van der Waals surface area contributed by atoms with Gasteiger partial charge >= 0.3 is 12.1 Å². The van der Waals surface area contributed by atoms with Crippen molar-refractivity contribution in [2.24, 2.45) is 0 Å².